The van der Waals surface area contributed by atoms with Crippen molar-refractivity contribution in [1.82, 2.24) is 10.2 Å². The Labute approximate surface area is 219 Å². The Balaban J connectivity index is 1.82. The van der Waals surface area contributed by atoms with Crippen LogP contribution in [0.25, 0.3) is 0 Å². The summed E-state index contributed by atoms with van der Waals surface area (Å²) in [7, 11) is 1.17. The molecule has 3 N–H and O–H groups in total. The van der Waals surface area contributed by atoms with Crippen LogP contribution in [0.1, 0.15) is 29.0 Å². The largest absolute Gasteiger partial charge is 0.469 e. The minimum atomic E-state index is -4.59. The number of methoxy groups -OCH3 is 1. The number of alkyl halides is 3. The Hall–Kier alpha value is -4.24. The molecule has 196 valence electrons. The monoisotopic (exact) mass is 542 g/mol. The number of nitrogens with two attached hydrogens (primary N) is 1. The number of benzene rings is 2. The molecule has 8 nitrogen and oxygen atoms in total. The maximum Gasteiger partial charge on any atom is 0.416 e. The molecule has 2 amide bonds. The molecule has 2 aromatic rings. The molecule has 2 atom stereocenters. The fraction of sp³-hybridized carbons (Fsp3) is 0.231. The minimum absolute atomic E-state index is 0.0304. The zero-order valence-corrected chi connectivity index (χ0v) is 20.7. The molecule has 4 rings (SSSR count). The fourth-order valence-electron chi connectivity index (χ4n) is 4.22. The number of esters is 1. The second kappa shape index (κ2) is 10.6. The van der Waals surface area contributed by atoms with Crippen molar-refractivity contribution in [2.24, 2.45) is 5.73 Å². The Morgan fingerprint density at radius 2 is 1.82 bits per heavy atom. The molecule has 2 aromatic carbocycles. The minimum Gasteiger partial charge on any atom is -0.469 e. The van der Waals surface area contributed by atoms with Crippen molar-refractivity contribution in [3.8, 4) is 6.07 Å². The molecule has 12 heteroatoms. The predicted molar refractivity (Wildman–Crippen MR) is 131 cm³/mol. The lowest BCUT2D eigenvalue weighted by molar-refractivity contribution is -0.142. The Bertz CT molecular complexity index is 1380. The van der Waals surface area contributed by atoms with E-state index in [0.717, 1.165) is 34.4 Å². The molecule has 38 heavy (non-hydrogen) atoms. The van der Waals surface area contributed by atoms with Gasteiger partial charge in [-0.1, -0.05) is 54.2 Å². The molecule has 1 fully saturated rings. The lowest BCUT2D eigenvalue weighted by Gasteiger charge is -2.32. The van der Waals surface area contributed by atoms with E-state index in [1.165, 1.54) is 19.2 Å². The number of halogens is 3. The standard InChI is InChI=1S/C26H21F3N4O4S/c1-37-19(34)11-18-24(36)33-22(31)17(12-30)20(15-7-9-16(10-8-15)26(27,28)29)21(25(33)38-18)23(35)32-13-14-5-3-2-4-6-14/h2-10,18,20H,11,13,31H2,1H3,(H,32,35)/t18-,20-/m0/s1. The van der Waals surface area contributed by atoms with E-state index in [1.54, 1.807) is 24.3 Å². The van der Waals surface area contributed by atoms with E-state index in [2.05, 4.69) is 10.1 Å². The number of fused-ring (bicyclic) bond motifs is 1. The van der Waals surface area contributed by atoms with Gasteiger partial charge in [0.15, 0.2) is 0 Å². The highest BCUT2D eigenvalue weighted by molar-refractivity contribution is 8.04. The summed E-state index contributed by atoms with van der Waals surface area (Å²) in [6.45, 7) is 0.113. The van der Waals surface area contributed by atoms with Crippen molar-refractivity contribution in [2.75, 3.05) is 7.11 Å². The molecule has 0 aromatic heterocycles. The summed E-state index contributed by atoms with van der Waals surface area (Å²) in [5.74, 6) is -3.31. The van der Waals surface area contributed by atoms with E-state index in [4.69, 9.17) is 5.73 Å². The lowest BCUT2D eigenvalue weighted by atomic mass is 9.82. The van der Waals surface area contributed by atoms with Gasteiger partial charge in [0, 0.05) is 6.54 Å². The van der Waals surface area contributed by atoms with Crippen molar-refractivity contribution in [3.63, 3.8) is 0 Å². The first-order chi connectivity index (χ1) is 18.1. The second-order valence-electron chi connectivity index (χ2n) is 8.41. The Kier molecular flexibility index (Phi) is 7.50. The van der Waals surface area contributed by atoms with Crippen LogP contribution in [0.2, 0.25) is 0 Å². The topological polar surface area (TPSA) is 126 Å². The molecule has 1 saturated heterocycles. The maximum absolute atomic E-state index is 13.6. The molecule has 2 aliphatic heterocycles. The van der Waals surface area contributed by atoms with Gasteiger partial charge >= 0.3 is 12.1 Å². The molecular formula is C26H21F3N4O4S. The van der Waals surface area contributed by atoms with Crippen molar-refractivity contribution in [2.45, 2.75) is 30.3 Å². The fourth-order valence-corrected chi connectivity index (χ4v) is 5.54. The third-order valence-corrected chi connectivity index (χ3v) is 7.37. The number of amides is 2. The molecule has 0 aliphatic carbocycles. The second-order valence-corrected chi connectivity index (χ2v) is 9.60. The molecule has 0 saturated carbocycles. The Morgan fingerprint density at radius 3 is 2.39 bits per heavy atom. The van der Waals surface area contributed by atoms with Crippen LogP contribution in [-0.2, 0) is 31.8 Å². The van der Waals surface area contributed by atoms with Gasteiger partial charge < -0.3 is 15.8 Å². The number of nitriles is 1. The summed E-state index contributed by atoms with van der Waals surface area (Å²) in [6.07, 6.45) is -4.89. The van der Waals surface area contributed by atoms with E-state index >= 15 is 0 Å². The summed E-state index contributed by atoms with van der Waals surface area (Å²) >= 11 is 0.917. The number of allylic oxidation sites excluding steroid dienone is 1. The van der Waals surface area contributed by atoms with Crippen LogP contribution in [-0.4, -0.2) is 35.0 Å². The SMILES string of the molecule is COC(=O)C[C@@H]1SC2=C(C(=O)NCc3ccccc3)[C@@H](c3ccc(C(F)(F)F)cc3)C(C#N)=C(N)N2C1=O. The number of nitrogens with one attached hydrogen (secondary N) is 1. The highest BCUT2D eigenvalue weighted by Gasteiger charge is 2.48. The number of thioether (sulfide) groups is 1. The molecule has 0 spiro atoms. The number of carbonyl (C=O) groups is 3. The van der Waals surface area contributed by atoms with Gasteiger partial charge in [-0.25, -0.2) is 0 Å². The first kappa shape index (κ1) is 26.8. The number of hydrogen-bond acceptors (Lipinski definition) is 7. The lowest BCUT2D eigenvalue weighted by Crippen LogP contribution is -2.40. The number of ether oxygens (including phenoxy) is 1. The van der Waals surface area contributed by atoms with Crippen molar-refractivity contribution >= 4 is 29.5 Å². The highest BCUT2D eigenvalue weighted by Crippen LogP contribution is 2.50. The quantitative estimate of drug-likeness (QED) is 0.535. The van der Waals surface area contributed by atoms with Crippen LogP contribution in [0.5, 0.6) is 0 Å². The summed E-state index contributed by atoms with van der Waals surface area (Å²) in [5, 5.41) is 11.9. The summed E-state index contributed by atoms with van der Waals surface area (Å²) in [5.41, 5.74) is 6.11. The van der Waals surface area contributed by atoms with Crippen molar-refractivity contribution < 1.29 is 32.3 Å². The maximum atomic E-state index is 13.6. The van der Waals surface area contributed by atoms with Crippen LogP contribution < -0.4 is 11.1 Å². The van der Waals surface area contributed by atoms with E-state index in [9.17, 15) is 32.8 Å². The van der Waals surface area contributed by atoms with Gasteiger partial charge in [0.05, 0.1) is 47.3 Å². The van der Waals surface area contributed by atoms with E-state index in [0.29, 0.717) is 0 Å². The number of rotatable bonds is 6. The molecule has 0 bridgehead atoms. The van der Waals surface area contributed by atoms with E-state index in [-0.39, 0.29) is 40.5 Å². The van der Waals surface area contributed by atoms with Gasteiger partial charge in [0.1, 0.15) is 11.1 Å². The molecule has 0 unspecified atom stereocenters. The average Bonchev–Trinajstić information content (AvgIpc) is 3.22. The van der Waals surface area contributed by atoms with Gasteiger partial charge in [-0.3, -0.25) is 19.3 Å². The van der Waals surface area contributed by atoms with Crippen molar-refractivity contribution in [3.05, 3.63) is 93.3 Å². The first-order valence-electron chi connectivity index (χ1n) is 11.3. The zero-order valence-electron chi connectivity index (χ0n) is 19.9. The molecule has 2 aliphatic rings. The molecule has 2 heterocycles. The van der Waals surface area contributed by atoms with Crippen LogP contribution >= 0.6 is 11.8 Å². The van der Waals surface area contributed by atoms with Gasteiger partial charge in [-0.15, -0.1) is 0 Å². The van der Waals surface area contributed by atoms with Crippen LogP contribution in [0.15, 0.2) is 76.6 Å². The van der Waals surface area contributed by atoms with Crippen LogP contribution in [0.4, 0.5) is 13.2 Å². The van der Waals surface area contributed by atoms with E-state index in [1.807, 2.05) is 12.1 Å². The highest BCUT2D eigenvalue weighted by atomic mass is 32.2. The number of nitrogens with zero attached hydrogens (tertiary/aromatic N) is 2. The Morgan fingerprint density at radius 1 is 1.16 bits per heavy atom. The number of hydrogen-bond donors (Lipinski definition) is 2. The molecular weight excluding hydrogens is 521 g/mol. The summed E-state index contributed by atoms with van der Waals surface area (Å²) in [6, 6.07) is 14.9. The smallest absolute Gasteiger partial charge is 0.416 e. The summed E-state index contributed by atoms with van der Waals surface area (Å²) in [4.78, 5) is 39.7. The normalized spacial score (nSPS) is 19.2. The third kappa shape index (κ3) is 5.10. The van der Waals surface area contributed by atoms with Gasteiger partial charge in [0.25, 0.3) is 5.91 Å². The zero-order chi connectivity index (χ0) is 27.6. The summed E-state index contributed by atoms with van der Waals surface area (Å²) < 4.78 is 44.2. The van der Waals surface area contributed by atoms with Gasteiger partial charge in [-0.2, -0.15) is 18.4 Å². The molecule has 0 radical (unpaired) electrons. The van der Waals surface area contributed by atoms with Crippen LogP contribution in [0, 0.1) is 11.3 Å². The van der Waals surface area contributed by atoms with Gasteiger partial charge in [0.2, 0.25) is 5.91 Å². The third-order valence-electron chi connectivity index (χ3n) is 6.09. The van der Waals surface area contributed by atoms with Gasteiger partial charge in [-0.05, 0) is 23.3 Å². The van der Waals surface area contributed by atoms with E-state index < -0.39 is 40.7 Å². The first-order valence-corrected chi connectivity index (χ1v) is 12.1. The number of carbonyl (C=O) groups excluding carboxylic acids is 3. The van der Waals surface area contributed by atoms with Crippen molar-refractivity contribution in [1.29, 1.82) is 5.26 Å². The predicted octanol–water partition coefficient (Wildman–Crippen LogP) is 3.53. The average molecular weight is 543 g/mol. The van der Waals surface area contributed by atoms with Crippen LogP contribution in [0.3, 0.4) is 0 Å².